The van der Waals surface area contributed by atoms with Crippen LogP contribution in [0.4, 0.5) is 16.2 Å². The number of nitrogens with one attached hydrogen (secondary N) is 1. The molecule has 0 saturated carbocycles. The van der Waals surface area contributed by atoms with Gasteiger partial charge < -0.3 is 15.1 Å². The number of nitrogens with zero attached hydrogens (tertiary/aromatic N) is 3. The average molecular weight is 292 g/mol. The van der Waals surface area contributed by atoms with Crippen molar-refractivity contribution in [3.8, 4) is 0 Å². The van der Waals surface area contributed by atoms with E-state index in [1.807, 2.05) is 14.1 Å². The van der Waals surface area contributed by atoms with E-state index in [9.17, 15) is 14.9 Å². The number of nitro benzene ring substituents is 1. The van der Waals surface area contributed by atoms with Gasteiger partial charge in [-0.05, 0) is 39.6 Å². The zero-order valence-electron chi connectivity index (χ0n) is 12.5. The Bertz CT molecular complexity index is 559. The molecule has 1 fully saturated rings. The Hall–Kier alpha value is -2.15. The van der Waals surface area contributed by atoms with E-state index < -0.39 is 4.92 Å². The fourth-order valence-corrected chi connectivity index (χ4v) is 2.49. The molecule has 0 bridgehead atoms. The summed E-state index contributed by atoms with van der Waals surface area (Å²) in [5, 5.41) is 13.6. The van der Waals surface area contributed by atoms with Crippen molar-refractivity contribution in [1.82, 2.24) is 9.80 Å². The molecule has 1 aromatic rings. The highest BCUT2D eigenvalue weighted by atomic mass is 16.6. The Balaban J connectivity index is 2.00. The monoisotopic (exact) mass is 292 g/mol. The number of urea groups is 1. The van der Waals surface area contributed by atoms with E-state index in [1.165, 1.54) is 6.07 Å². The molecule has 7 nitrogen and oxygen atoms in total. The summed E-state index contributed by atoms with van der Waals surface area (Å²) in [6, 6.07) is 4.82. The van der Waals surface area contributed by atoms with Gasteiger partial charge in [-0.25, -0.2) is 4.79 Å². The zero-order chi connectivity index (χ0) is 15.6. The molecule has 1 aliphatic rings. The van der Waals surface area contributed by atoms with Gasteiger partial charge in [0.05, 0.1) is 4.92 Å². The lowest BCUT2D eigenvalue weighted by Crippen LogP contribution is -2.36. The number of carbonyl (C=O) groups is 1. The van der Waals surface area contributed by atoms with Crippen LogP contribution in [0, 0.1) is 17.0 Å². The molecule has 1 saturated heterocycles. The molecule has 0 unspecified atom stereocenters. The summed E-state index contributed by atoms with van der Waals surface area (Å²) in [5.41, 5.74) is 1.17. The lowest BCUT2D eigenvalue weighted by Gasteiger charge is -2.20. The van der Waals surface area contributed by atoms with E-state index in [4.69, 9.17) is 0 Å². The number of nitro groups is 1. The van der Waals surface area contributed by atoms with Crippen LogP contribution in [0.2, 0.25) is 0 Å². The normalized spacial score (nSPS) is 18.1. The van der Waals surface area contributed by atoms with E-state index in [2.05, 4.69) is 10.2 Å². The number of amides is 2. The van der Waals surface area contributed by atoms with Crippen molar-refractivity contribution in [2.45, 2.75) is 19.4 Å². The number of carbonyl (C=O) groups excluding carboxylic acids is 1. The third kappa shape index (κ3) is 3.49. The molecule has 0 aliphatic carbocycles. The molecule has 0 aromatic heterocycles. The number of hydrogen-bond donors (Lipinski definition) is 1. The molecule has 0 radical (unpaired) electrons. The van der Waals surface area contributed by atoms with Crippen LogP contribution in [0.15, 0.2) is 18.2 Å². The van der Waals surface area contributed by atoms with Crippen molar-refractivity contribution in [3.05, 3.63) is 33.9 Å². The summed E-state index contributed by atoms with van der Waals surface area (Å²) in [4.78, 5) is 26.4. The topological polar surface area (TPSA) is 78.7 Å². The van der Waals surface area contributed by atoms with Crippen LogP contribution in [0.25, 0.3) is 0 Å². The average Bonchev–Trinajstić information content (AvgIpc) is 2.88. The molecule has 114 valence electrons. The van der Waals surface area contributed by atoms with E-state index in [1.54, 1.807) is 24.0 Å². The number of rotatable bonds is 3. The predicted octanol–water partition coefficient (Wildman–Crippen LogP) is 2.07. The molecular weight excluding hydrogens is 272 g/mol. The minimum Gasteiger partial charge on any atom is -0.323 e. The number of anilines is 1. The summed E-state index contributed by atoms with van der Waals surface area (Å²) < 4.78 is 0. The highest BCUT2D eigenvalue weighted by Crippen LogP contribution is 2.22. The summed E-state index contributed by atoms with van der Waals surface area (Å²) in [6.45, 7) is 3.08. The van der Waals surface area contributed by atoms with Crippen LogP contribution in [-0.2, 0) is 0 Å². The first-order valence-electron chi connectivity index (χ1n) is 6.86. The highest BCUT2D eigenvalue weighted by Gasteiger charge is 2.27. The molecule has 1 aliphatic heterocycles. The molecule has 1 atom stereocenters. The van der Waals surface area contributed by atoms with Crippen LogP contribution in [-0.4, -0.2) is 54.0 Å². The SMILES string of the molecule is Cc1cc(NC(=O)N2CC[C@@H](N(C)C)C2)ccc1[N+](=O)[O-]. The summed E-state index contributed by atoms with van der Waals surface area (Å²) in [7, 11) is 4.01. The minimum absolute atomic E-state index is 0.0573. The molecule has 2 rings (SSSR count). The summed E-state index contributed by atoms with van der Waals surface area (Å²) in [5.74, 6) is 0. The second kappa shape index (κ2) is 6.09. The first kappa shape index (κ1) is 15.2. The van der Waals surface area contributed by atoms with Gasteiger partial charge in [-0.3, -0.25) is 10.1 Å². The van der Waals surface area contributed by atoms with Gasteiger partial charge in [-0.1, -0.05) is 0 Å². The molecule has 7 heteroatoms. The van der Waals surface area contributed by atoms with E-state index >= 15 is 0 Å². The van der Waals surface area contributed by atoms with E-state index in [0.717, 1.165) is 13.0 Å². The standard InChI is InChI=1S/C14H20N4O3/c1-10-8-11(4-5-13(10)18(20)21)15-14(19)17-7-6-12(9-17)16(2)3/h4-5,8,12H,6-7,9H2,1-3H3,(H,15,19)/t12-/m1/s1. The second-order valence-corrected chi connectivity index (χ2v) is 5.54. The highest BCUT2D eigenvalue weighted by molar-refractivity contribution is 5.89. The van der Waals surface area contributed by atoms with Crippen LogP contribution in [0.1, 0.15) is 12.0 Å². The lowest BCUT2D eigenvalue weighted by atomic mass is 10.2. The Morgan fingerprint density at radius 3 is 2.71 bits per heavy atom. The molecule has 1 heterocycles. The smallest absolute Gasteiger partial charge is 0.321 e. The molecule has 1 N–H and O–H groups in total. The number of likely N-dealkylation sites (tertiary alicyclic amines) is 1. The number of hydrogen-bond acceptors (Lipinski definition) is 4. The van der Waals surface area contributed by atoms with Crippen molar-refractivity contribution in [2.75, 3.05) is 32.5 Å². The van der Waals surface area contributed by atoms with Gasteiger partial charge in [-0.15, -0.1) is 0 Å². The van der Waals surface area contributed by atoms with Gasteiger partial charge in [0, 0.05) is 36.4 Å². The summed E-state index contributed by atoms with van der Waals surface area (Å²) in [6.07, 6.45) is 0.958. The first-order valence-corrected chi connectivity index (χ1v) is 6.86. The van der Waals surface area contributed by atoms with Gasteiger partial charge >= 0.3 is 6.03 Å². The molecular formula is C14H20N4O3. The van der Waals surface area contributed by atoms with Gasteiger partial charge in [0.1, 0.15) is 0 Å². The molecule has 2 amide bonds. The Morgan fingerprint density at radius 1 is 1.48 bits per heavy atom. The van der Waals surface area contributed by atoms with Crippen molar-refractivity contribution in [2.24, 2.45) is 0 Å². The second-order valence-electron chi connectivity index (χ2n) is 5.54. The fraction of sp³-hybridized carbons (Fsp3) is 0.500. The first-order chi connectivity index (χ1) is 9.88. The third-order valence-corrected chi connectivity index (χ3v) is 3.83. The maximum atomic E-state index is 12.2. The lowest BCUT2D eigenvalue weighted by molar-refractivity contribution is -0.385. The van der Waals surface area contributed by atoms with Crippen molar-refractivity contribution >= 4 is 17.4 Å². The predicted molar refractivity (Wildman–Crippen MR) is 80.5 cm³/mol. The Kier molecular flexibility index (Phi) is 4.42. The maximum absolute atomic E-state index is 12.2. The third-order valence-electron chi connectivity index (χ3n) is 3.83. The van der Waals surface area contributed by atoms with Crippen LogP contribution >= 0.6 is 0 Å². The summed E-state index contributed by atoms with van der Waals surface area (Å²) >= 11 is 0. The van der Waals surface area contributed by atoms with Crippen molar-refractivity contribution in [1.29, 1.82) is 0 Å². The number of benzene rings is 1. The van der Waals surface area contributed by atoms with E-state index in [-0.39, 0.29) is 11.7 Å². The zero-order valence-corrected chi connectivity index (χ0v) is 12.5. The Labute approximate surface area is 123 Å². The Morgan fingerprint density at radius 2 is 2.19 bits per heavy atom. The quantitative estimate of drug-likeness (QED) is 0.683. The van der Waals surface area contributed by atoms with E-state index in [0.29, 0.717) is 23.8 Å². The van der Waals surface area contributed by atoms with Crippen molar-refractivity contribution < 1.29 is 9.72 Å². The molecule has 21 heavy (non-hydrogen) atoms. The minimum atomic E-state index is -0.427. The molecule has 1 aromatic carbocycles. The van der Waals surface area contributed by atoms with Crippen molar-refractivity contribution in [3.63, 3.8) is 0 Å². The fourth-order valence-electron chi connectivity index (χ4n) is 2.49. The van der Waals surface area contributed by atoms with Crippen LogP contribution in [0.3, 0.4) is 0 Å². The van der Waals surface area contributed by atoms with Gasteiger partial charge in [0.15, 0.2) is 0 Å². The largest absolute Gasteiger partial charge is 0.323 e. The maximum Gasteiger partial charge on any atom is 0.321 e. The molecule has 0 spiro atoms. The number of aryl methyl sites for hydroxylation is 1. The van der Waals surface area contributed by atoms with Gasteiger partial charge in [0.2, 0.25) is 0 Å². The number of likely N-dealkylation sites (N-methyl/N-ethyl adjacent to an activating group) is 1. The van der Waals surface area contributed by atoms with Gasteiger partial charge in [-0.2, -0.15) is 0 Å². The van der Waals surface area contributed by atoms with Gasteiger partial charge in [0.25, 0.3) is 5.69 Å². The van der Waals surface area contributed by atoms with Crippen LogP contribution in [0.5, 0.6) is 0 Å². The van der Waals surface area contributed by atoms with Crippen LogP contribution < -0.4 is 5.32 Å².